The van der Waals surface area contributed by atoms with E-state index in [0.717, 1.165) is 74.2 Å². The van der Waals surface area contributed by atoms with Crippen molar-refractivity contribution in [2.75, 3.05) is 16.8 Å². The number of hydrogen-bond donors (Lipinski definition) is 1. The van der Waals surface area contributed by atoms with E-state index in [2.05, 4.69) is 11.4 Å². The smallest absolute Gasteiger partial charge is 0.230 e. The van der Waals surface area contributed by atoms with Crippen LogP contribution < -0.4 is 10.2 Å². The number of benzene rings is 1. The SMILES string of the molecule is O=C(C1CC1)N1CCc2cc(NC(=O)C34CC5CC(CC(C5)C3)C4)ccc21. The fraction of sp³-hybridized carbons (Fsp3) is 0.652. The molecule has 4 heteroatoms. The lowest BCUT2D eigenvalue weighted by Crippen LogP contribution is -2.51. The van der Waals surface area contributed by atoms with Gasteiger partial charge < -0.3 is 10.2 Å². The van der Waals surface area contributed by atoms with Crippen molar-refractivity contribution in [3.05, 3.63) is 23.8 Å². The molecule has 5 saturated carbocycles. The first kappa shape index (κ1) is 16.1. The minimum Gasteiger partial charge on any atom is -0.326 e. The Hall–Kier alpha value is -1.84. The fourth-order valence-corrected chi connectivity index (χ4v) is 6.91. The maximum atomic E-state index is 13.3. The van der Waals surface area contributed by atoms with E-state index in [4.69, 9.17) is 0 Å². The zero-order chi connectivity index (χ0) is 18.2. The van der Waals surface area contributed by atoms with Crippen molar-refractivity contribution in [1.82, 2.24) is 0 Å². The van der Waals surface area contributed by atoms with E-state index in [-0.39, 0.29) is 17.2 Å². The second-order valence-corrected chi connectivity index (χ2v) is 10.0. The molecule has 1 aliphatic heterocycles. The average molecular weight is 364 g/mol. The molecule has 0 unspecified atom stereocenters. The van der Waals surface area contributed by atoms with Crippen molar-refractivity contribution in [3.8, 4) is 0 Å². The molecule has 5 fully saturated rings. The van der Waals surface area contributed by atoms with Crippen LogP contribution in [0.25, 0.3) is 0 Å². The number of carbonyl (C=O) groups is 2. The maximum absolute atomic E-state index is 13.3. The van der Waals surface area contributed by atoms with Gasteiger partial charge in [-0.2, -0.15) is 0 Å². The molecule has 5 aliphatic carbocycles. The Balaban J connectivity index is 1.21. The molecule has 0 spiro atoms. The first-order chi connectivity index (χ1) is 13.1. The van der Waals surface area contributed by atoms with Crippen LogP contribution in [-0.4, -0.2) is 18.4 Å². The quantitative estimate of drug-likeness (QED) is 0.876. The summed E-state index contributed by atoms with van der Waals surface area (Å²) in [6.07, 6.45) is 10.4. The molecular formula is C23H28N2O2. The lowest BCUT2D eigenvalue weighted by Gasteiger charge is -2.55. The molecule has 2 amide bonds. The first-order valence-corrected chi connectivity index (χ1v) is 10.9. The van der Waals surface area contributed by atoms with Crippen molar-refractivity contribution in [1.29, 1.82) is 0 Å². The Labute approximate surface area is 160 Å². The zero-order valence-electron chi connectivity index (χ0n) is 15.9. The van der Waals surface area contributed by atoms with Crippen LogP contribution in [0.15, 0.2) is 18.2 Å². The number of nitrogens with one attached hydrogen (secondary N) is 1. The van der Waals surface area contributed by atoms with Gasteiger partial charge in [0.1, 0.15) is 0 Å². The third-order valence-corrected chi connectivity index (χ3v) is 7.95. The molecule has 7 rings (SSSR count). The van der Waals surface area contributed by atoms with Crippen molar-refractivity contribution in [2.45, 2.75) is 57.8 Å². The number of fused-ring (bicyclic) bond motifs is 1. The molecule has 0 saturated heterocycles. The summed E-state index contributed by atoms with van der Waals surface area (Å²) in [5.74, 6) is 3.15. The van der Waals surface area contributed by atoms with Gasteiger partial charge in [-0.3, -0.25) is 9.59 Å². The second kappa shape index (κ2) is 5.59. The molecular weight excluding hydrogens is 336 g/mol. The van der Waals surface area contributed by atoms with E-state index in [0.29, 0.717) is 5.91 Å². The van der Waals surface area contributed by atoms with Crippen molar-refractivity contribution in [2.24, 2.45) is 29.1 Å². The Morgan fingerprint density at radius 3 is 2.30 bits per heavy atom. The van der Waals surface area contributed by atoms with Gasteiger partial charge in [0, 0.05) is 23.8 Å². The Morgan fingerprint density at radius 2 is 1.67 bits per heavy atom. The van der Waals surface area contributed by atoms with Gasteiger partial charge in [0.15, 0.2) is 0 Å². The van der Waals surface area contributed by atoms with Crippen LogP contribution >= 0.6 is 0 Å². The second-order valence-electron chi connectivity index (χ2n) is 10.0. The summed E-state index contributed by atoms with van der Waals surface area (Å²) in [4.78, 5) is 27.7. The summed E-state index contributed by atoms with van der Waals surface area (Å²) in [6, 6.07) is 6.14. The average Bonchev–Trinajstić information content (AvgIpc) is 3.40. The molecule has 1 aromatic rings. The maximum Gasteiger partial charge on any atom is 0.230 e. The molecule has 0 radical (unpaired) electrons. The summed E-state index contributed by atoms with van der Waals surface area (Å²) in [5, 5.41) is 3.27. The highest BCUT2D eigenvalue weighted by Crippen LogP contribution is 2.60. The van der Waals surface area contributed by atoms with Crippen molar-refractivity contribution < 1.29 is 9.59 Å². The molecule has 142 valence electrons. The highest BCUT2D eigenvalue weighted by atomic mass is 16.2. The Bertz CT molecular complexity index is 790. The monoisotopic (exact) mass is 364 g/mol. The van der Waals surface area contributed by atoms with E-state index in [9.17, 15) is 9.59 Å². The molecule has 6 aliphatic rings. The summed E-state index contributed by atoms with van der Waals surface area (Å²) in [5.41, 5.74) is 3.06. The third-order valence-electron chi connectivity index (χ3n) is 7.95. The minimum absolute atomic E-state index is 0.109. The van der Waals surface area contributed by atoms with Crippen LogP contribution in [0, 0.1) is 29.1 Å². The topological polar surface area (TPSA) is 49.4 Å². The van der Waals surface area contributed by atoms with E-state index in [1.165, 1.54) is 24.8 Å². The largest absolute Gasteiger partial charge is 0.326 e. The molecule has 0 atom stereocenters. The van der Waals surface area contributed by atoms with Crippen molar-refractivity contribution >= 4 is 23.2 Å². The molecule has 4 nitrogen and oxygen atoms in total. The third kappa shape index (κ3) is 2.55. The van der Waals surface area contributed by atoms with E-state index in [1.807, 2.05) is 17.0 Å². The zero-order valence-corrected chi connectivity index (χ0v) is 15.9. The molecule has 1 aromatic carbocycles. The number of hydrogen-bond acceptors (Lipinski definition) is 2. The highest BCUT2D eigenvalue weighted by molar-refractivity contribution is 5.99. The van der Waals surface area contributed by atoms with Crippen LogP contribution in [0.5, 0.6) is 0 Å². The van der Waals surface area contributed by atoms with Crippen LogP contribution in [0.4, 0.5) is 11.4 Å². The van der Waals surface area contributed by atoms with Gasteiger partial charge in [-0.15, -0.1) is 0 Å². The molecule has 4 bridgehead atoms. The number of anilines is 2. The number of carbonyl (C=O) groups excluding carboxylic acids is 2. The number of nitrogens with zero attached hydrogens (tertiary/aromatic N) is 1. The van der Waals surface area contributed by atoms with Crippen LogP contribution in [0.2, 0.25) is 0 Å². The van der Waals surface area contributed by atoms with Gasteiger partial charge in [0.2, 0.25) is 11.8 Å². The number of rotatable bonds is 3. The predicted octanol–water partition coefficient (Wildman–Crippen LogP) is 4.14. The summed E-state index contributed by atoms with van der Waals surface area (Å²) < 4.78 is 0. The van der Waals surface area contributed by atoms with Crippen LogP contribution in [0.3, 0.4) is 0 Å². The Kier molecular flexibility index (Phi) is 3.34. The van der Waals surface area contributed by atoms with E-state index < -0.39 is 0 Å². The van der Waals surface area contributed by atoms with Gasteiger partial charge in [-0.1, -0.05) is 0 Å². The molecule has 0 aromatic heterocycles. The Morgan fingerprint density at radius 1 is 1.00 bits per heavy atom. The van der Waals surface area contributed by atoms with Gasteiger partial charge >= 0.3 is 0 Å². The van der Waals surface area contributed by atoms with Crippen molar-refractivity contribution in [3.63, 3.8) is 0 Å². The molecule has 1 heterocycles. The lowest BCUT2D eigenvalue weighted by molar-refractivity contribution is -0.140. The minimum atomic E-state index is -0.109. The summed E-state index contributed by atoms with van der Waals surface area (Å²) >= 11 is 0. The predicted molar refractivity (Wildman–Crippen MR) is 104 cm³/mol. The van der Waals surface area contributed by atoms with Crippen LogP contribution in [-0.2, 0) is 16.0 Å². The standard InChI is InChI=1S/C23H28N2O2/c26-21(17-1-2-17)25-6-5-18-10-19(3-4-20(18)25)24-22(27)23-11-14-7-15(12-23)9-16(8-14)13-23/h3-4,10,14-17H,1-2,5-9,11-13H2,(H,24,27). The van der Waals surface area contributed by atoms with Crippen LogP contribution in [0.1, 0.15) is 56.9 Å². The fourth-order valence-electron chi connectivity index (χ4n) is 6.91. The van der Waals surface area contributed by atoms with Gasteiger partial charge in [0.05, 0.1) is 5.41 Å². The summed E-state index contributed by atoms with van der Waals surface area (Å²) in [6.45, 7) is 0.789. The summed E-state index contributed by atoms with van der Waals surface area (Å²) in [7, 11) is 0. The van der Waals surface area contributed by atoms with Gasteiger partial charge in [0.25, 0.3) is 0 Å². The molecule has 1 N–H and O–H groups in total. The lowest BCUT2D eigenvalue weighted by atomic mass is 9.49. The normalized spacial score (nSPS) is 36.0. The van der Waals surface area contributed by atoms with Gasteiger partial charge in [-0.25, -0.2) is 0 Å². The van der Waals surface area contributed by atoms with E-state index in [1.54, 1.807) is 0 Å². The highest BCUT2D eigenvalue weighted by Gasteiger charge is 2.54. The molecule has 27 heavy (non-hydrogen) atoms. The number of amides is 2. The first-order valence-electron chi connectivity index (χ1n) is 10.9. The van der Waals surface area contributed by atoms with E-state index >= 15 is 0 Å². The van der Waals surface area contributed by atoms with Gasteiger partial charge in [-0.05, 0) is 99.3 Å².